The highest BCUT2D eigenvalue weighted by Gasteiger charge is 2.38. The minimum absolute atomic E-state index is 0.271. The quantitative estimate of drug-likeness (QED) is 0.508. The Morgan fingerprint density at radius 3 is 1.88 bits per heavy atom. The molecule has 4 rings (SSSR count). The van der Waals surface area contributed by atoms with Gasteiger partial charge in [-0.05, 0) is 80.4 Å². The number of carbonyl (C=O) groups excluding carboxylic acids is 2. The summed E-state index contributed by atoms with van der Waals surface area (Å²) in [7, 11) is 0. The fraction of sp³-hybridized carbons (Fsp3) is 0.300. The normalized spacial score (nSPS) is 17.9. The zero-order valence-corrected chi connectivity index (χ0v) is 16.8. The first-order valence-electron chi connectivity index (χ1n) is 8.54. The number of anilines is 1. The van der Waals surface area contributed by atoms with Gasteiger partial charge in [-0.1, -0.05) is 31.4 Å². The molecular weight excluding hydrogens is 446 g/mol. The Hall–Kier alpha value is -1.46. The zero-order chi connectivity index (χ0) is 17.6. The molecule has 1 heterocycles. The van der Waals surface area contributed by atoms with Crippen LogP contribution in [-0.2, 0) is 0 Å². The minimum atomic E-state index is -0.271. The number of amides is 2. The lowest BCUT2D eigenvalue weighted by Crippen LogP contribution is -2.30. The van der Waals surface area contributed by atoms with Crippen molar-refractivity contribution in [3.63, 3.8) is 0 Å². The molecule has 1 fully saturated rings. The average Bonchev–Trinajstić information content (AvgIpc) is 2.87. The van der Waals surface area contributed by atoms with Crippen LogP contribution in [0.1, 0.15) is 64.3 Å². The topological polar surface area (TPSA) is 37.4 Å². The van der Waals surface area contributed by atoms with E-state index in [1.54, 1.807) is 24.3 Å². The molecule has 0 bridgehead atoms. The van der Waals surface area contributed by atoms with E-state index in [4.69, 9.17) is 0 Å². The van der Waals surface area contributed by atoms with Crippen LogP contribution in [0, 0.1) is 0 Å². The van der Waals surface area contributed by atoms with E-state index in [0.29, 0.717) is 22.7 Å². The van der Waals surface area contributed by atoms with Crippen LogP contribution in [0.15, 0.2) is 45.3 Å². The van der Waals surface area contributed by atoms with Crippen LogP contribution in [0.4, 0.5) is 5.69 Å². The van der Waals surface area contributed by atoms with Crippen molar-refractivity contribution in [3.8, 4) is 0 Å². The van der Waals surface area contributed by atoms with Crippen molar-refractivity contribution >= 4 is 49.4 Å². The second-order valence-electron chi connectivity index (χ2n) is 6.66. The summed E-state index contributed by atoms with van der Waals surface area (Å²) in [5.74, 6) is 0.0115. The highest BCUT2D eigenvalue weighted by Crippen LogP contribution is 2.43. The molecule has 1 saturated carbocycles. The van der Waals surface area contributed by atoms with E-state index in [0.717, 1.165) is 8.95 Å². The van der Waals surface area contributed by atoms with E-state index >= 15 is 0 Å². The van der Waals surface area contributed by atoms with E-state index in [1.807, 2.05) is 0 Å². The van der Waals surface area contributed by atoms with Crippen LogP contribution in [0.3, 0.4) is 0 Å². The van der Waals surface area contributed by atoms with Crippen LogP contribution >= 0.6 is 31.9 Å². The largest absolute Gasteiger partial charge is 0.268 e. The number of carbonyl (C=O) groups is 2. The second-order valence-corrected chi connectivity index (χ2v) is 8.37. The highest BCUT2D eigenvalue weighted by atomic mass is 79.9. The molecule has 0 unspecified atom stereocenters. The zero-order valence-electron chi connectivity index (χ0n) is 13.6. The van der Waals surface area contributed by atoms with Gasteiger partial charge in [0.05, 0.1) is 16.8 Å². The number of halogens is 2. The summed E-state index contributed by atoms with van der Waals surface area (Å²) in [4.78, 5) is 26.8. The molecule has 0 saturated heterocycles. The molecular formula is C20H17Br2NO2. The van der Waals surface area contributed by atoms with Crippen molar-refractivity contribution in [3.05, 3.63) is 62.0 Å². The number of fused-ring (bicyclic) bond motifs is 1. The lowest BCUT2D eigenvalue weighted by molar-refractivity contribution is 0.0925. The summed E-state index contributed by atoms with van der Waals surface area (Å²) < 4.78 is 1.55. The number of hydrogen-bond acceptors (Lipinski definition) is 2. The second kappa shape index (κ2) is 6.69. The first-order chi connectivity index (χ1) is 12.1. The smallest absolute Gasteiger partial charge is 0.266 e. The van der Waals surface area contributed by atoms with Gasteiger partial charge in [0.15, 0.2) is 0 Å². The minimum Gasteiger partial charge on any atom is -0.268 e. The Morgan fingerprint density at radius 2 is 1.36 bits per heavy atom. The first-order valence-corrected chi connectivity index (χ1v) is 10.1. The summed E-state index contributed by atoms with van der Waals surface area (Å²) >= 11 is 7.20. The third-order valence-electron chi connectivity index (χ3n) is 5.13. The Morgan fingerprint density at radius 1 is 0.840 bits per heavy atom. The van der Waals surface area contributed by atoms with Crippen molar-refractivity contribution in [2.75, 3.05) is 4.90 Å². The van der Waals surface area contributed by atoms with Gasteiger partial charge in [-0.2, -0.15) is 0 Å². The number of nitrogens with zero attached hydrogens (tertiary/aromatic N) is 1. The molecule has 128 valence electrons. The SMILES string of the molecule is O=C1c2ccccc2C(=O)N1c1c(Br)cc(C2CCCCC2)cc1Br. The van der Waals surface area contributed by atoms with Crippen molar-refractivity contribution in [2.45, 2.75) is 38.0 Å². The van der Waals surface area contributed by atoms with Crippen LogP contribution in [0.25, 0.3) is 0 Å². The molecule has 2 aromatic rings. The van der Waals surface area contributed by atoms with Crippen LogP contribution < -0.4 is 4.90 Å². The fourth-order valence-corrected chi connectivity index (χ4v) is 5.44. The number of benzene rings is 2. The number of imide groups is 1. The fourth-order valence-electron chi connectivity index (χ4n) is 3.86. The monoisotopic (exact) mass is 461 g/mol. The van der Waals surface area contributed by atoms with Crippen molar-refractivity contribution in [1.29, 1.82) is 0 Å². The van der Waals surface area contributed by atoms with Gasteiger partial charge in [0.25, 0.3) is 11.8 Å². The van der Waals surface area contributed by atoms with E-state index < -0.39 is 0 Å². The summed E-state index contributed by atoms with van der Waals surface area (Å²) in [6.45, 7) is 0. The van der Waals surface area contributed by atoms with Gasteiger partial charge >= 0.3 is 0 Å². The molecule has 0 atom stereocenters. The number of hydrogen-bond donors (Lipinski definition) is 0. The van der Waals surface area contributed by atoms with E-state index in [-0.39, 0.29) is 11.8 Å². The molecule has 2 amide bonds. The molecule has 3 nitrogen and oxygen atoms in total. The Bertz CT molecular complexity index is 814. The first kappa shape index (κ1) is 17.0. The van der Waals surface area contributed by atoms with Gasteiger partial charge in [0.1, 0.15) is 0 Å². The summed E-state index contributed by atoms with van der Waals surface area (Å²) in [5, 5.41) is 0. The van der Waals surface area contributed by atoms with Crippen LogP contribution in [0.2, 0.25) is 0 Å². The molecule has 0 spiro atoms. The maximum atomic E-state index is 12.8. The Balaban J connectivity index is 1.74. The maximum absolute atomic E-state index is 12.8. The highest BCUT2D eigenvalue weighted by molar-refractivity contribution is 9.11. The predicted octanol–water partition coefficient (Wildman–Crippen LogP) is 6.06. The van der Waals surface area contributed by atoms with Gasteiger partial charge in [0.2, 0.25) is 0 Å². The third kappa shape index (κ3) is 2.87. The standard InChI is InChI=1S/C20H17Br2NO2/c21-16-10-13(12-6-2-1-3-7-12)11-17(22)18(16)23-19(24)14-8-4-5-9-15(14)20(23)25/h4-5,8-12H,1-3,6-7H2. The number of rotatable bonds is 2. The van der Waals surface area contributed by atoms with E-state index in [2.05, 4.69) is 44.0 Å². The molecule has 2 aromatic carbocycles. The van der Waals surface area contributed by atoms with Gasteiger partial charge in [-0.25, -0.2) is 4.90 Å². The molecule has 1 aliphatic heterocycles. The van der Waals surface area contributed by atoms with Crippen LogP contribution in [0.5, 0.6) is 0 Å². The van der Waals surface area contributed by atoms with Gasteiger partial charge in [0, 0.05) is 8.95 Å². The van der Waals surface area contributed by atoms with Gasteiger partial charge in [-0.3, -0.25) is 9.59 Å². The Labute approximate surface area is 163 Å². The van der Waals surface area contributed by atoms with E-state index in [9.17, 15) is 9.59 Å². The van der Waals surface area contributed by atoms with Crippen LogP contribution in [-0.4, -0.2) is 11.8 Å². The molecule has 1 aliphatic carbocycles. The molecule has 0 radical (unpaired) electrons. The molecule has 0 N–H and O–H groups in total. The summed E-state index contributed by atoms with van der Waals surface area (Å²) in [6.07, 6.45) is 6.24. The molecule has 2 aliphatic rings. The van der Waals surface area contributed by atoms with Crippen molar-refractivity contribution in [2.24, 2.45) is 0 Å². The maximum Gasteiger partial charge on any atom is 0.266 e. The lowest BCUT2D eigenvalue weighted by atomic mass is 9.84. The van der Waals surface area contributed by atoms with Crippen molar-refractivity contribution in [1.82, 2.24) is 0 Å². The Kier molecular flexibility index (Phi) is 4.54. The summed E-state index contributed by atoms with van der Waals surface area (Å²) in [5.41, 5.74) is 2.77. The third-order valence-corrected chi connectivity index (χ3v) is 6.34. The van der Waals surface area contributed by atoms with Crippen molar-refractivity contribution < 1.29 is 9.59 Å². The molecule has 5 heteroatoms. The summed E-state index contributed by atoms with van der Waals surface area (Å²) in [6, 6.07) is 11.1. The van der Waals surface area contributed by atoms with E-state index in [1.165, 1.54) is 42.6 Å². The molecule has 25 heavy (non-hydrogen) atoms. The average molecular weight is 463 g/mol. The van der Waals surface area contributed by atoms with Gasteiger partial charge < -0.3 is 0 Å². The lowest BCUT2D eigenvalue weighted by Gasteiger charge is -2.24. The predicted molar refractivity (Wildman–Crippen MR) is 105 cm³/mol. The van der Waals surface area contributed by atoms with Gasteiger partial charge in [-0.15, -0.1) is 0 Å². The molecule has 0 aromatic heterocycles.